The zero-order valence-corrected chi connectivity index (χ0v) is 18.3. The van der Waals surface area contributed by atoms with E-state index in [1.807, 2.05) is 42.6 Å². The van der Waals surface area contributed by atoms with Crippen LogP contribution in [-0.2, 0) is 0 Å². The van der Waals surface area contributed by atoms with E-state index in [-0.39, 0.29) is 5.69 Å². The van der Waals surface area contributed by atoms with Crippen molar-refractivity contribution in [3.05, 3.63) is 60.4 Å². The normalized spacial score (nSPS) is 18.7. The molecule has 0 aliphatic heterocycles. The van der Waals surface area contributed by atoms with Gasteiger partial charge in [0.05, 0.1) is 29.7 Å². The highest BCUT2D eigenvalue weighted by Crippen LogP contribution is 2.34. The van der Waals surface area contributed by atoms with Crippen molar-refractivity contribution in [3.63, 3.8) is 0 Å². The monoisotopic (exact) mass is 431 g/mol. The zero-order valence-electron chi connectivity index (χ0n) is 18.3. The summed E-state index contributed by atoms with van der Waals surface area (Å²) in [6, 6.07) is 14.9. The van der Waals surface area contributed by atoms with Crippen molar-refractivity contribution >= 4 is 33.4 Å². The number of anilines is 1. The van der Waals surface area contributed by atoms with Crippen LogP contribution in [0.15, 0.2) is 54.7 Å². The molecule has 0 spiro atoms. The first-order valence-corrected chi connectivity index (χ1v) is 11.0. The van der Waals surface area contributed by atoms with E-state index in [1.165, 1.54) is 12.8 Å². The largest absolute Gasteiger partial charge is 0.494 e. The van der Waals surface area contributed by atoms with Gasteiger partial charge >= 0.3 is 11.6 Å². The molecule has 0 unspecified atom stereocenters. The van der Waals surface area contributed by atoms with Gasteiger partial charge in [0, 0.05) is 34.5 Å². The molecule has 1 saturated carbocycles. The molecule has 1 aliphatic carbocycles. The molecule has 0 saturated heterocycles. The first-order chi connectivity index (χ1) is 15.5. The lowest BCUT2D eigenvalue weighted by Crippen LogP contribution is -2.40. The fourth-order valence-electron chi connectivity index (χ4n) is 4.58. The van der Waals surface area contributed by atoms with Crippen LogP contribution < -0.4 is 14.8 Å². The lowest BCUT2D eigenvalue weighted by atomic mass is 9.87. The van der Waals surface area contributed by atoms with Crippen molar-refractivity contribution in [2.45, 2.75) is 38.6 Å². The molecule has 2 aromatic heterocycles. The lowest BCUT2D eigenvalue weighted by Gasteiger charge is -2.26. The van der Waals surface area contributed by atoms with E-state index in [2.05, 4.69) is 16.9 Å². The maximum Gasteiger partial charge on any atom is 0.325 e. The summed E-state index contributed by atoms with van der Waals surface area (Å²) in [7, 11) is 1.57. The van der Waals surface area contributed by atoms with E-state index < -0.39 is 5.91 Å². The number of hydrogen-bond acceptors (Lipinski definition) is 4. The van der Waals surface area contributed by atoms with Crippen molar-refractivity contribution in [2.24, 2.45) is 5.92 Å². The molecule has 0 atom stereocenters. The number of hydrogen-bond donors (Lipinski definition) is 2. The highest BCUT2D eigenvalue weighted by molar-refractivity contribution is 6.04. The second-order valence-corrected chi connectivity index (χ2v) is 8.68. The Bertz CT molecular complexity index is 1310. The molecule has 0 radical (unpaired) electrons. The number of carbonyl (C=O) groups excluding carboxylic acids is 1. The average molecular weight is 432 g/mol. The Kier molecular flexibility index (Phi) is 5.17. The van der Waals surface area contributed by atoms with Gasteiger partial charge in [-0.25, -0.2) is 0 Å². The highest BCUT2D eigenvalue weighted by Gasteiger charge is 2.25. The standard InChI is InChI=1S/C25H26N4O3/c1-16-7-10-19(11-8-16)28-15-18-13-21(24(32-2)14-20(18)27-28)26-25(30)23-12-9-17-5-3-4-6-22(17)29(23)31/h3-6,9,12-16,19H,7-8,10-11H2,1-2H3,(H-,26,30,31)/p+1. The van der Waals surface area contributed by atoms with E-state index >= 15 is 0 Å². The van der Waals surface area contributed by atoms with Crippen LogP contribution >= 0.6 is 0 Å². The number of para-hydroxylation sites is 1. The fourth-order valence-corrected chi connectivity index (χ4v) is 4.58. The highest BCUT2D eigenvalue weighted by atomic mass is 16.5. The molecule has 4 aromatic rings. The fraction of sp³-hybridized carbons (Fsp3) is 0.320. The van der Waals surface area contributed by atoms with Gasteiger partial charge in [-0.1, -0.05) is 19.1 Å². The van der Waals surface area contributed by atoms with E-state index in [0.717, 1.165) is 39.8 Å². The van der Waals surface area contributed by atoms with Gasteiger partial charge in [-0.2, -0.15) is 5.10 Å². The summed E-state index contributed by atoms with van der Waals surface area (Å²) in [6.45, 7) is 2.31. The smallest absolute Gasteiger partial charge is 0.325 e. The van der Waals surface area contributed by atoms with Crippen molar-refractivity contribution in [2.75, 3.05) is 12.4 Å². The van der Waals surface area contributed by atoms with Gasteiger partial charge < -0.3 is 10.1 Å². The minimum atomic E-state index is -0.426. The number of carbonyl (C=O) groups is 1. The Labute approximate surface area is 186 Å². The molecule has 7 nitrogen and oxygen atoms in total. The number of pyridine rings is 1. The Balaban J connectivity index is 1.45. The van der Waals surface area contributed by atoms with Gasteiger partial charge in [0.15, 0.2) is 0 Å². The van der Waals surface area contributed by atoms with Crippen LogP contribution in [0.3, 0.4) is 0 Å². The predicted octanol–water partition coefficient (Wildman–Crippen LogP) is 4.73. The van der Waals surface area contributed by atoms with E-state index in [1.54, 1.807) is 19.2 Å². The van der Waals surface area contributed by atoms with Gasteiger partial charge in [-0.05, 0) is 49.8 Å². The molecule has 2 heterocycles. The van der Waals surface area contributed by atoms with Gasteiger partial charge in [0.1, 0.15) is 5.75 Å². The molecule has 7 heteroatoms. The molecule has 5 rings (SSSR count). The first kappa shape index (κ1) is 20.3. The van der Waals surface area contributed by atoms with Crippen LogP contribution in [0.4, 0.5) is 5.69 Å². The number of methoxy groups -OCH3 is 1. The molecule has 32 heavy (non-hydrogen) atoms. The number of nitrogens with one attached hydrogen (secondary N) is 1. The van der Waals surface area contributed by atoms with Crippen LogP contribution in [-0.4, -0.2) is 28.0 Å². The summed E-state index contributed by atoms with van der Waals surface area (Å²) >= 11 is 0. The maximum absolute atomic E-state index is 13.0. The lowest BCUT2D eigenvalue weighted by molar-refractivity contribution is -0.885. The van der Waals surface area contributed by atoms with Crippen molar-refractivity contribution in [1.29, 1.82) is 0 Å². The molecule has 2 N–H and O–H groups in total. The Morgan fingerprint density at radius 1 is 1.12 bits per heavy atom. The molecule has 164 valence electrons. The minimum absolute atomic E-state index is 0.137. The van der Waals surface area contributed by atoms with Gasteiger partial charge in [-0.3, -0.25) is 14.7 Å². The van der Waals surface area contributed by atoms with Crippen molar-refractivity contribution in [1.82, 2.24) is 9.78 Å². The Hall–Kier alpha value is -3.61. The quantitative estimate of drug-likeness (QED) is 0.362. The van der Waals surface area contributed by atoms with Crippen molar-refractivity contribution in [3.8, 4) is 5.75 Å². The van der Waals surface area contributed by atoms with Crippen LogP contribution in [0.5, 0.6) is 5.75 Å². The third kappa shape index (κ3) is 3.64. The third-order valence-electron chi connectivity index (χ3n) is 6.50. The van der Waals surface area contributed by atoms with E-state index in [9.17, 15) is 10.0 Å². The predicted molar refractivity (Wildman–Crippen MR) is 122 cm³/mol. The van der Waals surface area contributed by atoms with Crippen molar-refractivity contribution < 1.29 is 19.5 Å². The number of nitrogens with zero attached hydrogens (tertiary/aromatic N) is 3. The van der Waals surface area contributed by atoms with E-state index in [0.29, 0.717) is 23.0 Å². The second kappa shape index (κ2) is 8.15. The maximum atomic E-state index is 13.0. The molecule has 2 aromatic carbocycles. The third-order valence-corrected chi connectivity index (χ3v) is 6.50. The number of rotatable bonds is 4. The number of aromatic nitrogens is 3. The van der Waals surface area contributed by atoms with Crippen LogP contribution in [0, 0.1) is 5.92 Å². The van der Waals surface area contributed by atoms with Gasteiger partial charge in [0.25, 0.3) is 5.52 Å². The van der Waals surface area contributed by atoms with Gasteiger partial charge in [0.2, 0.25) is 0 Å². The van der Waals surface area contributed by atoms with Crippen LogP contribution in [0.2, 0.25) is 0 Å². The summed E-state index contributed by atoms with van der Waals surface area (Å²) in [6.07, 6.45) is 6.76. The minimum Gasteiger partial charge on any atom is -0.494 e. The molecule has 0 bridgehead atoms. The molecule has 1 fully saturated rings. The zero-order chi connectivity index (χ0) is 22.2. The summed E-state index contributed by atoms with van der Waals surface area (Å²) in [5, 5.41) is 20.0. The SMILES string of the molecule is COc1cc2nn(C3CCC(C)CC3)cc2cc1NC(=O)c1ccc2ccccc2[n+]1O. The number of benzene rings is 2. The average Bonchev–Trinajstić information content (AvgIpc) is 3.22. The van der Waals surface area contributed by atoms with Crippen LogP contribution in [0.25, 0.3) is 21.8 Å². The van der Waals surface area contributed by atoms with Crippen LogP contribution in [0.1, 0.15) is 49.1 Å². The first-order valence-electron chi connectivity index (χ1n) is 11.0. The number of fused-ring (bicyclic) bond motifs is 2. The Morgan fingerprint density at radius 3 is 2.69 bits per heavy atom. The molecule has 1 aliphatic rings. The molecular weight excluding hydrogens is 404 g/mol. The summed E-state index contributed by atoms with van der Waals surface area (Å²) in [4.78, 5) is 13.0. The summed E-state index contributed by atoms with van der Waals surface area (Å²) < 4.78 is 8.50. The summed E-state index contributed by atoms with van der Waals surface area (Å²) in [5.41, 5.74) is 2.07. The molecule has 1 amide bonds. The Morgan fingerprint density at radius 2 is 1.91 bits per heavy atom. The number of amides is 1. The number of ether oxygens (including phenoxy) is 1. The van der Waals surface area contributed by atoms with Gasteiger partial charge in [-0.15, -0.1) is 0 Å². The topological polar surface area (TPSA) is 80.3 Å². The second-order valence-electron chi connectivity index (χ2n) is 8.68. The summed E-state index contributed by atoms with van der Waals surface area (Å²) in [5.74, 6) is 0.880. The molecular formula is C25H27N4O3+. The van der Waals surface area contributed by atoms with E-state index in [4.69, 9.17) is 9.84 Å².